The van der Waals surface area contributed by atoms with Gasteiger partial charge in [0, 0.05) is 18.5 Å². The lowest BCUT2D eigenvalue weighted by molar-refractivity contribution is -0.139. The van der Waals surface area contributed by atoms with Crippen molar-refractivity contribution in [1.82, 2.24) is 14.9 Å². The third-order valence-corrected chi connectivity index (χ3v) is 8.95. The Morgan fingerprint density at radius 1 is 0.723 bits per heavy atom. The van der Waals surface area contributed by atoms with Gasteiger partial charge in [0.1, 0.15) is 18.2 Å². The number of ether oxygens (including phenoxy) is 1. The van der Waals surface area contributed by atoms with Crippen molar-refractivity contribution < 1.29 is 19.4 Å². The van der Waals surface area contributed by atoms with Gasteiger partial charge in [0.05, 0.1) is 12.0 Å². The van der Waals surface area contributed by atoms with Crippen molar-refractivity contribution >= 4 is 12.1 Å². The summed E-state index contributed by atoms with van der Waals surface area (Å²) < 4.78 is 7.67. The quantitative estimate of drug-likeness (QED) is 0.158. The van der Waals surface area contributed by atoms with Crippen molar-refractivity contribution in [3.63, 3.8) is 0 Å². The van der Waals surface area contributed by atoms with Gasteiger partial charge in [-0.2, -0.15) is 0 Å². The summed E-state index contributed by atoms with van der Waals surface area (Å²) in [6.45, 7) is 0.0918. The van der Waals surface area contributed by atoms with Crippen LogP contribution in [0, 0.1) is 0 Å². The van der Waals surface area contributed by atoms with E-state index in [1.165, 1.54) is 0 Å². The van der Waals surface area contributed by atoms with Crippen molar-refractivity contribution in [3.8, 4) is 11.1 Å². The maximum Gasteiger partial charge on any atom is 0.407 e. The van der Waals surface area contributed by atoms with Crippen LogP contribution in [0.25, 0.3) is 11.1 Å². The molecule has 0 saturated carbocycles. The standard InChI is InChI=1S/C40H33N3O4/c44-38(45)37(42-39(46)47-26-36-34-22-12-10-20-32(34)33-21-11-13-23-35(33)36)24-31-25-43(27-41-31)40(28-14-4-1-5-15-28,29-16-6-2-7-17-29)30-18-8-3-9-19-30/h1-23,25,27,36-37H,24,26H2,(H,42,46)(H,44,45)/t37-/m1/s1. The van der Waals surface area contributed by atoms with E-state index in [4.69, 9.17) is 4.74 Å². The number of alkyl carbamates (subject to hydrolysis) is 1. The van der Waals surface area contributed by atoms with Crippen LogP contribution in [0.15, 0.2) is 152 Å². The van der Waals surface area contributed by atoms with Gasteiger partial charge < -0.3 is 19.7 Å². The molecular formula is C40H33N3O4. The fraction of sp³-hybridized carbons (Fsp3) is 0.125. The van der Waals surface area contributed by atoms with Crippen molar-refractivity contribution in [2.45, 2.75) is 23.9 Å². The summed E-state index contributed by atoms with van der Waals surface area (Å²) in [5, 5.41) is 12.7. The van der Waals surface area contributed by atoms with Crippen molar-refractivity contribution in [3.05, 3.63) is 186 Å². The van der Waals surface area contributed by atoms with Gasteiger partial charge in [-0.25, -0.2) is 14.6 Å². The molecule has 1 aromatic heterocycles. The zero-order chi connectivity index (χ0) is 32.2. The third kappa shape index (κ3) is 5.57. The van der Waals surface area contributed by atoms with Crippen LogP contribution >= 0.6 is 0 Å². The van der Waals surface area contributed by atoms with Gasteiger partial charge >= 0.3 is 12.1 Å². The predicted molar refractivity (Wildman–Crippen MR) is 180 cm³/mol. The Morgan fingerprint density at radius 2 is 1.19 bits per heavy atom. The highest BCUT2D eigenvalue weighted by atomic mass is 16.5. The number of fused-ring (bicyclic) bond motifs is 3. The van der Waals surface area contributed by atoms with E-state index < -0.39 is 23.6 Å². The number of hydrogen-bond donors (Lipinski definition) is 2. The van der Waals surface area contributed by atoms with Crippen LogP contribution in [0.3, 0.4) is 0 Å². The highest BCUT2D eigenvalue weighted by Gasteiger charge is 2.38. The van der Waals surface area contributed by atoms with E-state index >= 15 is 0 Å². The van der Waals surface area contributed by atoms with E-state index in [-0.39, 0.29) is 18.9 Å². The number of hydrogen-bond acceptors (Lipinski definition) is 4. The van der Waals surface area contributed by atoms with E-state index in [0.29, 0.717) is 5.69 Å². The smallest absolute Gasteiger partial charge is 0.407 e. The summed E-state index contributed by atoms with van der Waals surface area (Å²) in [5.41, 5.74) is 7.20. The lowest BCUT2D eigenvalue weighted by atomic mass is 9.77. The van der Waals surface area contributed by atoms with Crippen LogP contribution in [0.5, 0.6) is 0 Å². The first kappa shape index (κ1) is 29.7. The predicted octanol–water partition coefficient (Wildman–Crippen LogP) is 7.26. The summed E-state index contributed by atoms with van der Waals surface area (Å²) in [6, 6.07) is 45.4. The molecule has 1 atom stereocenters. The molecule has 47 heavy (non-hydrogen) atoms. The van der Waals surface area contributed by atoms with Crippen LogP contribution in [-0.2, 0) is 21.5 Å². The minimum atomic E-state index is -1.24. The molecule has 0 spiro atoms. The number of benzene rings is 5. The minimum absolute atomic E-state index is 0.0268. The van der Waals surface area contributed by atoms with E-state index in [1.54, 1.807) is 6.33 Å². The molecule has 0 aliphatic heterocycles. The van der Waals surface area contributed by atoms with E-state index in [2.05, 4.69) is 58.8 Å². The lowest BCUT2D eigenvalue weighted by Crippen LogP contribution is -2.43. The number of carbonyl (C=O) groups is 2. The van der Waals surface area contributed by atoms with Gasteiger partial charge in [-0.15, -0.1) is 0 Å². The average molecular weight is 620 g/mol. The number of nitrogens with one attached hydrogen (secondary N) is 1. The van der Waals surface area contributed by atoms with Gasteiger partial charge in [-0.05, 0) is 38.9 Å². The summed E-state index contributed by atoms with van der Waals surface area (Å²) in [5.74, 6) is -1.30. The molecule has 0 saturated heterocycles. The number of carbonyl (C=O) groups excluding carboxylic acids is 1. The first-order chi connectivity index (χ1) is 23.1. The second kappa shape index (κ2) is 12.8. The first-order valence-electron chi connectivity index (χ1n) is 15.6. The average Bonchev–Trinajstić information content (AvgIpc) is 3.71. The SMILES string of the molecule is O=C(N[C@H](Cc1cn(C(c2ccccc2)(c2ccccc2)c2ccccc2)cn1)C(=O)O)OCC1c2ccccc2-c2ccccc21. The molecule has 7 rings (SSSR count). The molecule has 2 N–H and O–H groups in total. The van der Waals surface area contributed by atoms with Crippen molar-refractivity contribution in [2.75, 3.05) is 6.61 Å². The molecule has 232 valence electrons. The molecule has 6 aromatic rings. The number of rotatable bonds is 10. The van der Waals surface area contributed by atoms with Gasteiger partial charge in [0.15, 0.2) is 0 Å². The fourth-order valence-corrected chi connectivity index (χ4v) is 6.83. The summed E-state index contributed by atoms with van der Waals surface area (Å²) in [6.07, 6.45) is 2.78. The molecule has 1 aliphatic rings. The molecule has 7 heteroatoms. The number of nitrogens with zero attached hydrogens (tertiary/aromatic N) is 2. The molecule has 7 nitrogen and oxygen atoms in total. The van der Waals surface area contributed by atoms with E-state index in [1.807, 2.05) is 102 Å². The summed E-state index contributed by atoms with van der Waals surface area (Å²) in [7, 11) is 0. The van der Waals surface area contributed by atoms with Crippen molar-refractivity contribution in [2.24, 2.45) is 0 Å². The van der Waals surface area contributed by atoms with Crippen LogP contribution in [0.4, 0.5) is 4.79 Å². The lowest BCUT2D eigenvalue weighted by Gasteiger charge is -2.37. The largest absolute Gasteiger partial charge is 0.480 e. The molecule has 1 heterocycles. The molecule has 0 unspecified atom stereocenters. The van der Waals surface area contributed by atoms with Gasteiger partial charge in [-0.3, -0.25) is 0 Å². The number of aromatic nitrogens is 2. The Kier molecular flexibility index (Phi) is 8.11. The number of aliphatic carboxylic acids is 1. The maximum absolute atomic E-state index is 13.0. The van der Waals surface area contributed by atoms with Gasteiger partial charge in [0.2, 0.25) is 0 Å². The molecule has 1 amide bonds. The van der Waals surface area contributed by atoms with Gasteiger partial charge in [0.25, 0.3) is 0 Å². The summed E-state index contributed by atoms with van der Waals surface area (Å²) >= 11 is 0. The fourth-order valence-electron chi connectivity index (χ4n) is 6.83. The topological polar surface area (TPSA) is 93.5 Å². The number of carboxylic acid groups (broad SMARTS) is 1. The van der Waals surface area contributed by atoms with Crippen LogP contribution in [-0.4, -0.2) is 39.4 Å². The minimum Gasteiger partial charge on any atom is -0.480 e. The second-order valence-corrected chi connectivity index (χ2v) is 11.6. The van der Waals surface area contributed by atoms with Crippen LogP contribution < -0.4 is 5.32 Å². The Labute approximate surface area is 273 Å². The highest BCUT2D eigenvalue weighted by molar-refractivity contribution is 5.81. The molecule has 1 aliphatic carbocycles. The number of amides is 1. The Hall–Kier alpha value is -5.95. The van der Waals surface area contributed by atoms with E-state index in [0.717, 1.165) is 38.9 Å². The Morgan fingerprint density at radius 3 is 1.68 bits per heavy atom. The second-order valence-electron chi connectivity index (χ2n) is 11.6. The van der Waals surface area contributed by atoms with E-state index in [9.17, 15) is 14.7 Å². The zero-order valence-electron chi connectivity index (χ0n) is 25.6. The molecular weight excluding hydrogens is 586 g/mol. The molecule has 0 fully saturated rings. The Balaban J connectivity index is 1.14. The monoisotopic (exact) mass is 619 g/mol. The summed E-state index contributed by atoms with van der Waals surface area (Å²) in [4.78, 5) is 30.1. The number of imidazole rings is 1. The third-order valence-electron chi connectivity index (χ3n) is 8.95. The first-order valence-corrected chi connectivity index (χ1v) is 15.6. The normalized spacial score (nSPS) is 12.9. The molecule has 5 aromatic carbocycles. The van der Waals surface area contributed by atoms with Gasteiger partial charge in [-0.1, -0.05) is 140 Å². The zero-order valence-corrected chi connectivity index (χ0v) is 25.6. The maximum atomic E-state index is 13.0. The van der Waals surface area contributed by atoms with Crippen molar-refractivity contribution in [1.29, 1.82) is 0 Å². The van der Waals surface area contributed by atoms with Crippen LogP contribution in [0.1, 0.15) is 39.4 Å². The molecule has 0 bridgehead atoms. The molecule has 0 radical (unpaired) electrons. The highest BCUT2D eigenvalue weighted by Crippen LogP contribution is 2.44. The van der Waals surface area contributed by atoms with Crippen LogP contribution in [0.2, 0.25) is 0 Å². The Bertz CT molecular complexity index is 1870. The number of carboxylic acids is 1.